The standard InChI is InChI=1S/C49H31NS2/c1-3-16-32(17-4-1)34-21-15-31-45-47(34)49(38-24-8-11-29-43(38)51-45)39-25-9-12-30-44(39)52-48-36(23-13-26-40(48)49)35-22-14-28-42-46(35)37-20-7-10-27-41(37)50(42)33-18-5-2-6-19-33/h1-31H. The van der Waals surface area contributed by atoms with Crippen molar-refractivity contribution in [1.82, 2.24) is 4.57 Å². The molecule has 1 spiro atoms. The van der Waals surface area contributed by atoms with E-state index < -0.39 is 5.41 Å². The van der Waals surface area contributed by atoms with Crippen LogP contribution in [0.5, 0.6) is 0 Å². The van der Waals surface area contributed by atoms with Gasteiger partial charge in [-0.15, -0.1) is 0 Å². The van der Waals surface area contributed by atoms with E-state index in [2.05, 4.69) is 193 Å². The van der Waals surface area contributed by atoms with Gasteiger partial charge in [0.25, 0.3) is 0 Å². The van der Waals surface area contributed by atoms with Crippen LogP contribution < -0.4 is 0 Å². The summed E-state index contributed by atoms with van der Waals surface area (Å²) in [5, 5.41) is 2.55. The van der Waals surface area contributed by atoms with Gasteiger partial charge in [-0.2, -0.15) is 0 Å². The second kappa shape index (κ2) is 11.6. The lowest BCUT2D eigenvalue weighted by Gasteiger charge is -2.47. The Morgan fingerprint density at radius 1 is 0.385 bits per heavy atom. The van der Waals surface area contributed by atoms with Gasteiger partial charge in [0.2, 0.25) is 0 Å². The van der Waals surface area contributed by atoms with Crippen LogP contribution in [0.4, 0.5) is 0 Å². The van der Waals surface area contributed by atoms with Crippen LogP contribution in [-0.4, -0.2) is 4.57 Å². The van der Waals surface area contributed by atoms with Crippen molar-refractivity contribution in [2.75, 3.05) is 0 Å². The lowest BCUT2D eigenvalue weighted by molar-refractivity contribution is 0.670. The third-order valence-electron chi connectivity index (χ3n) is 10.9. The number of aromatic nitrogens is 1. The van der Waals surface area contributed by atoms with Crippen molar-refractivity contribution in [3.63, 3.8) is 0 Å². The van der Waals surface area contributed by atoms with Crippen molar-refractivity contribution in [2.45, 2.75) is 25.0 Å². The highest BCUT2D eigenvalue weighted by molar-refractivity contribution is 8.00. The van der Waals surface area contributed by atoms with Crippen LogP contribution in [0.2, 0.25) is 0 Å². The topological polar surface area (TPSA) is 4.93 Å². The first-order valence-electron chi connectivity index (χ1n) is 17.8. The average molecular weight is 698 g/mol. The van der Waals surface area contributed by atoms with Gasteiger partial charge in [0.15, 0.2) is 0 Å². The van der Waals surface area contributed by atoms with Crippen molar-refractivity contribution in [3.05, 3.63) is 210 Å². The molecule has 9 aromatic rings. The Bertz CT molecular complexity index is 2840. The molecule has 1 aromatic heterocycles. The number of para-hydroxylation sites is 2. The number of fused-ring (bicyclic) bond motifs is 11. The zero-order valence-electron chi connectivity index (χ0n) is 28.2. The van der Waals surface area contributed by atoms with Crippen LogP contribution in [0.25, 0.3) is 49.7 Å². The minimum atomic E-state index is -0.525. The van der Waals surface area contributed by atoms with Crippen molar-refractivity contribution < 1.29 is 0 Å². The van der Waals surface area contributed by atoms with Gasteiger partial charge in [0, 0.05) is 36.0 Å². The van der Waals surface area contributed by atoms with Gasteiger partial charge in [0.05, 0.1) is 16.4 Å². The molecule has 1 atom stereocenters. The number of hydrogen-bond donors (Lipinski definition) is 0. The average Bonchev–Trinajstić information content (AvgIpc) is 3.56. The lowest BCUT2D eigenvalue weighted by Crippen LogP contribution is -2.37. The van der Waals surface area contributed by atoms with Crippen molar-refractivity contribution >= 4 is 45.3 Å². The van der Waals surface area contributed by atoms with E-state index in [0.717, 1.165) is 0 Å². The summed E-state index contributed by atoms with van der Waals surface area (Å²) in [4.78, 5) is 5.25. The number of hydrogen-bond acceptors (Lipinski definition) is 2. The van der Waals surface area contributed by atoms with Gasteiger partial charge in [-0.25, -0.2) is 0 Å². The molecule has 11 rings (SSSR count). The van der Waals surface area contributed by atoms with Crippen LogP contribution in [-0.2, 0) is 5.41 Å². The molecule has 1 unspecified atom stereocenters. The normalized spacial score (nSPS) is 15.6. The molecule has 244 valence electrons. The fourth-order valence-electron chi connectivity index (χ4n) is 8.91. The van der Waals surface area contributed by atoms with Gasteiger partial charge in [-0.3, -0.25) is 0 Å². The third-order valence-corrected chi connectivity index (χ3v) is 13.3. The van der Waals surface area contributed by atoms with Crippen LogP contribution in [0, 0.1) is 0 Å². The minimum Gasteiger partial charge on any atom is -0.309 e. The predicted molar refractivity (Wildman–Crippen MR) is 218 cm³/mol. The maximum atomic E-state index is 2.42. The molecule has 0 amide bonds. The van der Waals surface area contributed by atoms with Crippen molar-refractivity contribution in [3.8, 4) is 27.9 Å². The molecule has 0 saturated heterocycles. The summed E-state index contributed by atoms with van der Waals surface area (Å²) in [5.74, 6) is 0. The van der Waals surface area contributed by atoms with Crippen LogP contribution in [0.1, 0.15) is 22.3 Å². The first kappa shape index (κ1) is 29.9. The fourth-order valence-corrected chi connectivity index (χ4v) is 11.5. The summed E-state index contributed by atoms with van der Waals surface area (Å²) in [6.07, 6.45) is 0. The van der Waals surface area contributed by atoms with E-state index in [1.807, 2.05) is 23.5 Å². The number of nitrogens with zero attached hydrogens (tertiary/aromatic N) is 1. The number of rotatable bonds is 3. The molecule has 0 fully saturated rings. The van der Waals surface area contributed by atoms with Gasteiger partial charge in [-0.1, -0.05) is 169 Å². The highest BCUT2D eigenvalue weighted by Crippen LogP contribution is 2.64. The highest BCUT2D eigenvalue weighted by Gasteiger charge is 2.50. The Hall–Kier alpha value is -5.74. The van der Waals surface area contributed by atoms with E-state index >= 15 is 0 Å². The molecule has 0 saturated carbocycles. The maximum absolute atomic E-state index is 2.42. The van der Waals surface area contributed by atoms with Crippen LogP contribution in [0.15, 0.2) is 208 Å². The summed E-state index contributed by atoms with van der Waals surface area (Å²) in [6.45, 7) is 0. The van der Waals surface area contributed by atoms with Gasteiger partial charge in [-0.05, 0) is 87.0 Å². The Morgan fingerprint density at radius 2 is 0.942 bits per heavy atom. The van der Waals surface area contributed by atoms with Gasteiger partial charge in [0.1, 0.15) is 0 Å². The molecule has 3 heteroatoms. The van der Waals surface area contributed by atoms with E-state index in [9.17, 15) is 0 Å². The molecule has 0 bridgehead atoms. The Kier molecular flexibility index (Phi) is 6.70. The number of benzene rings is 8. The molecule has 8 aromatic carbocycles. The molecule has 52 heavy (non-hydrogen) atoms. The van der Waals surface area contributed by atoms with Gasteiger partial charge < -0.3 is 4.57 Å². The molecular weight excluding hydrogens is 667 g/mol. The quantitative estimate of drug-likeness (QED) is 0.181. The van der Waals surface area contributed by atoms with Crippen LogP contribution in [0.3, 0.4) is 0 Å². The van der Waals surface area contributed by atoms with E-state index in [1.54, 1.807) is 0 Å². The maximum Gasteiger partial charge on any atom is 0.0751 e. The largest absolute Gasteiger partial charge is 0.309 e. The lowest BCUT2D eigenvalue weighted by atomic mass is 9.62. The van der Waals surface area contributed by atoms with Crippen molar-refractivity contribution in [1.29, 1.82) is 0 Å². The van der Waals surface area contributed by atoms with Crippen LogP contribution >= 0.6 is 23.5 Å². The molecule has 0 aliphatic carbocycles. The molecule has 1 nitrogen and oxygen atoms in total. The first-order chi connectivity index (χ1) is 25.8. The zero-order chi connectivity index (χ0) is 34.2. The minimum absolute atomic E-state index is 0.525. The smallest absolute Gasteiger partial charge is 0.0751 e. The van der Waals surface area contributed by atoms with E-state index in [4.69, 9.17) is 0 Å². The molecule has 2 aliphatic heterocycles. The second-order valence-corrected chi connectivity index (χ2v) is 15.7. The molecule has 3 heterocycles. The van der Waals surface area contributed by atoms with Crippen molar-refractivity contribution in [2.24, 2.45) is 0 Å². The summed E-state index contributed by atoms with van der Waals surface area (Å²) >= 11 is 3.83. The summed E-state index contributed by atoms with van der Waals surface area (Å²) in [6, 6.07) is 69.7. The fraction of sp³-hybridized carbons (Fsp3) is 0.0204. The summed E-state index contributed by atoms with van der Waals surface area (Å²) in [5.41, 5.74) is 13.5. The summed E-state index contributed by atoms with van der Waals surface area (Å²) < 4.78 is 2.42. The monoisotopic (exact) mass is 697 g/mol. The Morgan fingerprint density at radius 3 is 1.75 bits per heavy atom. The van der Waals surface area contributed by atoms with E-state index in [-0.39, 0.29) is 0 Å². The molecule has 2 aliphatic rings. The predicted octanol–water partition coefficient (Wildman–Crippen LogP) is 13.4. The SMILES string of the molecule is c1ccc(-c2cccc3c2C2(c4ccccc4S3)c3ccccc3Sc3c(-c4cccc5c4c4ccccc4n5-c4ccccc4)cccc32)cc1. The van der Waals surface area contributed by atoms with E-state index in [1.165, 1.54) is 91.6 Å². The van der Waals surface area contributed by atoms with Gasteiger partial charge >= 0.3 is 0 Å². The molecule has 0 radical (unpaired) electrons. The first-order valence-corrected chi connectivity index (χ1v) is 19.4. The van der Waals surface area contributed by atoms with E-state index in [0.29, 0.717) is 0 Å². The Balaban J connectivity index is 1.28. The zero-order valence-corrected chi connectivity index (χ0v) is 29.8. The molecule has 0 N–H and O–H groups in total. The summed E-state index contributed by atoms with van der Waals surface area (Å²) in [7, 11) is 0. The Labute approximate surface area is 311 Å². The third kappa shape index (κ3) is 4.15. The molecular formula is C49H31NS2. The highest BCUT2D eigenvalue weighted by atomic mass is 32.2. The second-order valence-electron chi connectivity index (χ2n) is 13.6.